The maximum Gasteiger partial charge on any atom is 0.252 e. The first-order chi connectivity index (χ1) is 4.34. The molecule has 0 fully saturated rings. The second-order valence-electron chi connectivity index (χ2n) is 1.64. The number of rotatable bonds is 1. The zero-order valence-electron chi connectivity index (χ0n) is 4.92. The Morgan fingerprint density at radius 2 is 2.33 bits per heavy atom. The van der Waals surface area contributed by atoms with Crippen LogP contribution in [0.15, 0.2) is 31.0 Å². The Hall–Kier alpha value is -1.18. The Labute approximate surface area is 53.0 Å². The fourth-order valence-corrected chi connectivity index (χ4v) is 0.592. The molecule has 0 amide bonds. The number of nitrogens with zero attached hydrogens (tertiary/aromatic N) is 1. The van der Waals surface area contributed by atoms with Gasteiger partial charge >= 0.3 is 0 Å². The minimum atomic E-state index is 0.470. The molecule has 1 aromatic heterocycles. The summed E-state index contributed by atoms with van der Waals surface area (Å²) in [7, 11) is 0. The molecule has 0 spiro atoms. The summed E-state index contributed by atoms with van der Waals surface area (Å²) in [5, 5.41) is 0. The standard InChI is InChI=1S/C7H7FN/c1-2-7-5-3-4-6-9(7)8/h2-6H,1H2/q+1. The van der Waals surface area contributed by atoms with Gasteiger partial charge in [-0.1, -0.05) is 6.58 Å². The Balaban J connectivity index is 3.15. The predicted octanol–water partition coefficient (Wildman–Crippen LogP) is 1.35. The van der Waals surface area contributed by atoms with Crippen LogP contribution in [0.5, 0.6) is 0 Å². The molecular formula is C7H7FN+. The summed E-state index contributed by atoms with van der Waals surface area (Å²) in [5.41, 5.74) is 0.470. The van der Waals surface area contributed by atoms with Gasteiger partial charge < -0.3 is 0 Å². The van der Waals surface area contributed by atoms with Crippen molar-refractivity contribution in [2.75, 3.05) is 0 Å². The van der Waals surface area contributed by atoms with Crippen molar-refractivity contribution in [2.45, 2.75) is 0 Å². The van der Waals surface area contributed by atoms with Crippen LogP contribution in [0.4, 0.5) is 4.48 Å². The zero-order valence-corrected chi connectivity index (χ0v) is 4.92. The van der Waals surface area contributed by atoms with E-state index in [0.717, 1.165) is 0 Å². The first kappa shape index (κ1) is 5.95. The van der Waals surface area contributed by atoms with Crippen LogP contribution in [0.3, 0.4) is 0 Å². The molecule has 0 aromatic carbocycles. The summed E-state index contributed by atoms with van der Waals surface area (Å²) in [6.45, 7) is 3.43. The third kappa shape index (κ3) is 1.13. The highest BCUT2D eigenvalue weighted by Gasteiger charge is 2.01. The second-order valence-corrected chi connectivity index (χ2v) is 1.64. The van der Waals surface area contributed by atoms with Crippen LogP contribution < -0.4 is 4.79 Å². The molecule has 0 atom stereocenters. The normalized spacial score (nSPS) is 9.00. The third-order valence-corrected chi connectivity index (χ3v) is 1.05. The quantitative estimate of drug-likeness (QED) is 0.532. The molecular weight excluding hydrogens is 117 g/mol. The van der Waals surface area contributed by atoms with E-state index in [1.54, 1.807) is 18.2 Å². The SMILES string of the molecule is C=Cc1cccc[n+]1F. The van der Waals surface area contributed by atoms with Crippen molar-refractivity contribution >= 4 is 6.08 Å². The molecule has 1 heterocycles. The van der Waals surface area contributed by atoms with Crippen molar-refractivity contribution in [1.29, 1.82) is 0 Å². The van der Waals surface area contributed by atoms with Crippen LogP contribution >= 0.6 is 0 Å². The molecule has 0 N–H and O–H groups in total. The minimum absolute atomic E-state index is 0.470. The second kappa shape index (κ2) is 2.40. The molecule has 2 heteroatoms. The van der Waals surface area contributed by atoms with Crippen LogP contribution in [0, 0.1) is 0 Å². The number of halogens is 1. The molecule has 46 valence electrons. The molecule has 0 saturated heterocycles. The summed E-state index contributed by atoms with van der Waals surface area (Å²) in [5.74, 6) is 0. The molecule has 1 rings (SSSR count). The first-order valence-corrected chi connectivity index (χ1v) is 2.64. The van der Waals surface area contributed by atoms with E-state index in [-0.39, 0.29) is 0 Å². The number of pyridine rings is 1. The maximum atomic E-state index is 12.4. The lowest BCUT2D eigenvalue weighted by molar-refractivity contribution is -0.845. The molecule has 9 heavy (non-hydrogen) atoms. The fourth-order valence-electron chi connectivity index (χ4n) is 0.592. The van der Waals surface area contributed by atoms with Gasteiger partial charge in [0.15, 0.2) is 0 Å². The van der Waals surface area contributed by atoms with Crippen molar-refractivity contribution in [3.63, 3.8) is 0 Å². The van der Waals surface area contributed by atoms with Crippen LogP contribution in [-0.4, -0.2) is 0 Å². The van der Waals surface area contributed by atoms with E-state index in [9.17, 15) is 4.48 Å². The molecule has 0 aliphatic heterocycles. The van der Waals surface area contributed by atoms with E-state index in [4.69, 9.17) is 0 Å². The van der Waals surface area contributed by atoms with Gasteiger partial charge in [0.1, 0.15) is 0 Å². The molecule has 1 aromatic rings. The van der Waals surface area contributed by atoms with Gasteiger partial charge in [-0.3, -0.25) is 0 Å². The number of aromatic nitrogens is 1. The summed E-state index contributed by atoms with van der Waals surface area (Å²) in [6, 6.07) is 5.02. The highest BCUT2D eigenvalue weighted by molar-refractivity contribution is 5.36. The Bertz CT molecular complexity index is 220. The van der Waals surface area contributed by atoms with Crippen LogP contribution in [-0.2, 0) is 0 Å². The summed E-state index contributed by atoms with van der Waals surface area (Å²) >= 11 is 0. The lowest BCUT2D eigenvalue weighted by Crippen LogP contribution is -2.24. The lowest BCUT2D eigenvalue weighted by Gasteiger charge is -1.81. The van der Waals surface area contributed by atoms with E-state index >= 15 is 0 Å². The molecule has 0 unspecified atom stereocenters. The maximum absolute atomic E-state index is 12.4. The van der Waals surface area contributed by atoms with E-state index in [1.165, 1.54) is 12.3 Å². The smallest absolute Gasteiger partial charge is 0.0923 e. The van der Waals surface area contributed by atoms with Crippen molar-refractivity contribution in [1.82, 2.24) is 0 Å². The van der Waals surface area contributed by atoms with Crippen LogP contribution in [0.2, 0.25) is 0 Å². The average molecular weight is 124 g/mol. The van der Waals surface area contributed by atoms with Gasteiger partial charge in [0.25, 0.3) is 5.69 Å². The highest BCUT2D eigenvalue weighted by atomic mass is 19.2. The van der Waals surface area contributed by atoms with Gasteiger partial charge in [0.2, 0.25) is 6.20 Å². The van der Waals surface area contributed by atoms with Crippen molar-refractivity contribution in [3.05, 3.63) is 36.7 Å². The molecule has 1 nitrogen and oxygen atoms in total. The summed E-state index contributed by atoms with van der Waals surface area (Å²) < 4.78 is 12.4. The monoisotopic (exact) mass is 124 g/mol. The van der Waals surface area contributed by atoms with Gasteiger partial charge in [-0.15, -0.1) is 0 Å². The van der Waals surface area contributed by atoms with Gasteiger partial charge in [-0.05, 0) is 6.07 Å². The molecule has 0 aliphatic rings. The predicted molar refractivity (Wildman–Crippen MR) is 33.2 cm³/mol. The van der Waals surface area contributed by atoms with Gasteiger partial charge in [0.05, 0.1) is 4.48 Å². The van der Waals surface area contributed by atoms with E-state index in [2.05, 4.69) is 6.58 Å². The van der Waals surface area contributed by atoms with Crippen molar-refractivity contribution in [2.24, 2.45) is 0 Å². The summed E-state index contributed by atoms with van der Waals surface area (Å²) in [4.78, 5) is 0.521. The highest BCUT2D eigenvalue weighted by Crippen LogP contribution is 1.90. The molecule has 0 saturated carbocycles. The van der Waals surface area contributed by atoms with E-state index < -0.39 is 0 Å². The van der Waals surface area contributed by atoms with Gasteiger partial charge in [0, 0.05) is 23.0 Å². The first-order valence-electron chi connectivity index (χ1n) is 2.64. The molecule has 0 bridgehead atoms. The van der Waals surface area contributed by atoms with Gasteiger partial charge in [-0.2, -0.15) is 0 Å². The number of hydrogen-bond acceptors (Lipinski definition) is 0. The molecule has 0 radical (unpaired) electrons. The average Bonchev–Trinajstić information content (AvgIpc) is 1.89. The van der Waals surface area contributed by atoms with E-state index in [1.807, 2.05) is 0 Å². The third-order valence-electron chi connectivity index (χ3n) is 1.05. The summed E-state index contributed by atoms with van der Waals surface area (Å²) in [6.07, 6.45) is 2.79. The van der Waals surface area contributed by atoms with Crippen molar-refractivity contribution in [3.8, 4) is 0 Å². The molecule has 0 aliphatic carbocycles. The van der Waals surface area contributed by atoms with Crippen LogP contribution in [0.1, 0.15) is 5.69 Å². The van der Waals surface area contributed by atoms with Crippen LogP contribution in [0.25, 0.3) is 6.08 Å². The zero-order chi connectivity index (χ0) is 6.69. The fraction of sp³-hybridized carbons (Fsp3) is 0. The Morgan fingerprint density at radius 1 is 1.56 bits per heavy atom. The van der Waals surface area contributed by atoms with E-state index in [0.29, 0.717) is 10.5 Å². The minimum Gasteiger partial charge on any atom is -0.0923 e. The Kier molecular flexibility index (Phi) is 1.58. The lowest BCUT2D eigenvalue weighted by atomic mass is 10.3. The number of hydrogen-bond donors (Lipinski definition) is 0. The largest absolute Gasteiger partial charge is 0.252 e. The van der Waals surface area contributed by atoms with Gasteiger partial charge in [-0.25, -0.2) is 0 Å². The topological polar surface area (TPSA) is 3.88 Å². The van der Waals surface area contributed by atoms with Crippen molar-refractivity contribution < 1.29 is 9.27 Å². The Morgan fingerprint density at radius 3 is 2.78 bits per heavy atom.